The Labute approximate surface area is 346 Å². The molecule has 0 spiro atoms. The number of ether oxygens (including phenoxy) is 6. The molecule has 16 heteroatoms. The highest BCUT2D eigenvalue weighted by atomic mass is 16.7. The molecule has 5 aliphatic rings. The number of likely N-dealkylation sites (tertiary alicyclic amines) is 1. The van der Waals surface area contributed by atoms with E-state index in [1.165, 1.54) is 0 Å². The van der Waals surface area contributed by atoms with Gasteiger partial charge in [-0.25, -0.2) is 4.79 Å². The van der Waals surface area contributed by atoms with Gasteiger partial charge in [0.15, 0.2) is 18.7 Å². The Bertz CT molecular complexity index is 1500. The number of aliphatic hydroxyl groups excluding tert-OH is 5. The van der Waals surface area contributed by atoms with Crippen LogP contribution in [0, 0.1) is 17.8 Å². The number of nitrogens with zero attached hydrogens (tertiary/aromatic N) is 1. The normalized spacial score (nSPS) is 37.3. The molecule has 1 amide bonds. The van der Waals surface area contributed by atoms with E-state index in [1.54, 1.807) is 42.2 Å². The number of ketones is 1. The highest BCUT2D eigenvalue weighted by Crippen LogP contribution is 2.40. The Morgan fingerprint density at radius 3 is 2.24 bits per heavy atom. The summed E-state index contributed by atoms with van der Waals surface area (Å²) in [5.41, 5.74) is 0.206. The zero-order chi connectivity index (χ0) is 42.2. The van der Waals surface area contributed by atoms with E-state index in [0.29, 0.717) is 45.3 Å². The average Bonchev–Trinajstić information content (AvgIpc) is 3.21. The molecular weight excluding hydrogens is 768 g/mol. The zero-order valence-corrected chi connectivity index (χ0v) is 34.6. The van der Waals surface area contributed by atoms with Gasteiger partial charge in [0.1, 0.15) is 48.5 Å². The van der Waals surface area contributed by atoms with E-state index in [-0.39, 0.29) is 35.5 Å². The minimum absolute atomic E-state index is 0.0248. The summed E-state index contributed by atoms with van der Waals surface area (Å²) in [5, 5.41) is 57.4. The van der Waals surface area contributed by atoms with Crippen LogP contribution < -0.4 is 5.32 Å². The number of esters is 1. The molecule has 1 aromatic rings. The van der Waals surface area contributed by atoms with Crippen LogP contribution in [0.2, 0.25) is 0 Å². The summed E-state index contributed by atoms with van der Waals surface area (Å²) >= 11 is 0. The van der Waals surface area contributed by atoms with Crippen molar-refractivity contribution in [1.29, 1.82) is 0 Å². The molecule has 0 bridgehead atoms. The zero-order valence-electron chi connectivity index (χ0n) is 34.6. The molecule has 3 aliphatic heterocycles. The van der Waals surface area contributed by atoms with Crippen LogP contribution in [0.1, 0.15) is 94.8 Å². The van der Waals surface area contributed by atoms with Crippen LogP contribution in [0.5, 0.6) is 0 Å². The molecule has 5 fully saturated rings. The lowest BCUT2D eigenvalue weighted by atomic mass is 9.75. The number of rotatable bonds is 17. The third-order valence-electron chi connectivity index (χ3n) is 12.9. The maximum atomic E-state index is 14.0. The first kappa shape index (κ1) is 45.9. The third kappa shape index (κ3) is 11.3. The van der Waals surface area contributed by atoms with Gasteiger partial charge >= 0.3 is 5.97 Å². The maximum Gasteiger partial charge on any atom is 0.338 e. The quantitative estimate of drug-likeness (QED) is 0.0966. The number of carbonyl (C=O) groups excluding carboxylic acids is 3. The van der Waals surface area contributed by atoms with E-state index in [9.17, 15) is 39.9 Å². The van der Waals surface area contributed by atoms with Gasteiger partial charge in [-0.3, -0.25) is 9.59 Å². The van der Waals surface area contributed by atoms with E-state index in [4.69, 9.17) is 28.4 Å². The van der Waals surface area contributed by atoms with Gasteiger partial charge in [-0.1, -0.05) is 57.2 Å². The van der Waals surface area contributed by atoms with Crippen LogP contribution >= 0.6 is 0 Å². The summed E-state index contributed by atoms with van der Waals surface area (Å²) in [4.78, 5) is 43.3. The second kappa shape index (κ2) is 21.5. The fourth-order valence-electron chi connectivity index (χ4n) is 9.24. The second-order valence-electron chi connectivity index (χ2n) is 17.2. The molecule has 59 heavy (non-hydrogen) atoms. The van der Waals surface area contributed by atoms with Crippen LogP contribution in [-0.2, 0) is 38.0 Å². The maximum absolute atomic E-state index is 14.0. The Balaban J connectivity index is 1.34. The summed E-state index contributed by atoms with van der Waals surface area (Å²) < 4.78 is 38.1. The largest absolute Gasteiger partial charge is 0.450 e. The summed E-state index contributed by atoms with van der Waals surface area (Å²) in [5.74, 6) is -1.59. The van der Waals surface area contributed by atoms with Crippen molar-refractivity contribution in [1.82, 2.24) is 10.2 Å². The standard InChI is InChI=1S/C43H66N2O14/c1-24-20-28(29(47)16-10-17-44-3)22-30(37(24)59-42-36(51)35(50)33(48)25(2)54-42)56-43-39(58-41(53)27-14-8-5-9-15-27)38(34(49)32(23-46)57-43)55-31(40(52)45-18-11-19-45)21-26-12-6-4-7-13-26/h5,8-9,14-15,24-26,28,30-39,42-44,46,48-51H,4,6-7,10-13,16-23H2,1-3H3/t24?,25?,28?,30-,31+,32+,33-,34+,35+,36?,37-,38?,39?,42+,43-/m1/s1. The number of nitrogens with one attached hydrogen (secondary N) is 1. The first-order chi connectivity index (χ1) is 28.4. The van der Waals surface area contributed by atoms with Crippen molar-refractivity contribution in [2.75, 3.05) is 33.3 Å². The molecule has 15 atom stereocenters. The minimum atomic E-state index is -1.61. The van der Waals surface area contributed by atoms with Gasteiger partial charge in [-0.05, 0) is 76.6 Å². The van der Waals surface area contributed by atoms with Crippen LogP contribution in [0.15, 0.2) is 30.3 Å². The Hall–Kier alpha value is -2.61. The predicted octanol–water partition coefficient (Wildman–Crippen LogP) is 1.46. The van der Waals surface area contributed by atoms with Gasteiger partial charge in [0, 0.05) is 25.4 Å². The SMILES string of the molecule is CNCCCC(=O)C1CC(C)[C@@H](O[C@@H]2OC(C)[C@@H](O)[C@H](O)C2O)[C@H](O[C@@H]2O[C@@H](CO)[C@H](O)C(O[C@@H](CC3CCCCC3)C(=O)N3CCC3)C2OC(=O)c2ccccc2)C1. The number of benzene rings is 1. The number of carbonyl (C=O) groups is 3. The lowest BCUT2D eigenvalue weighted by Crippen LogP contribution is -2.64. The van der Waals surface area contributed by atoms with Crippen molar-refractivity contribution in [3.63, 3.8) is 0 Å². The fraction of sp³-hybridized carbons (Fsp3) is 0.791. The van der Waals surface area contributed by atoms with Crippen LogP contribution in [0.25, 0.3) is 0 Å². The van der Waals surface area contributed by atoms with Crippen molar-refractivity contribution in [3.05, 3.63) is 35.9 Å². The van der Waals surface area contributed by atoms with Crippen molar-refractivity contribution in [2.24, 2.45) is 17.8 Å². The van der Waals surface area contributed by atoms with Gasteiger partial charge in [-0.15, -0.1) is 0 Å². The third-order valence-corrected chi connectivity index (χ3v) is 12.9. The number of amides is 1. The van der Waals surface area contributed by atoms with Gasteiger partial charge in [0.25, 0.3) is 5.91 Å². The Morgan fingerprint density at radius 1 is 0.847 bits per heavy atom. The number of hydrogen-bond acceptors (Lipinski definition) is 15. The van der Waals surface area contributed by atoms with Crippen LogP contribution in [0.4, 0.5) is 0 Å². The van der Waals surface area contributed by atoms with Gasteiger partial charge < -0.3 is 64.2 Å². The Morgan fingerprint density at radius 2 is 1.58 bits per heavy atom. The number of aliphatic hydroxyl groups is 5. The molecule has 332 valence electrons. The predicted molar refractivity (Wildman–Crippen MR) is 211 cm³/mol. The topological polar surface area (TPSA) is 223 Å². The Kier molecular flexibility index (Phi) is 16.7. The van der Waals surface area contributed by atoms with Crippen molar-refractivity contribution < 1.29 is 68.3 Å². The molecule has 2 aliphatic carbocycles. The van der Waals surface area contributed by atoms with E-state index >= 15 is 0 Å². The van der Waals surface area contributed by atoms with Crippen molar-refractivity contribution >= 4 is 17.7 Å². The first-order valence-corrected chi connectivity index (χ1v) is 21.7. The smallest absolute Gasteiger partial charge is 0.338 e. The molecule has 2 saturated carbocycles. The lowest BCUT2D eigenvalue weighted by molar-refractivity contribution is -0.349. The van der Waals surface area contributed by atoms with Gasteiger partial charge in [-0.2, -0.15) is 0 Å². The van der Waals surface area contributed by atoms with Crippen LogP contribution in [0.3, 0.4) is 0 Å². The van der Waals surface area contributed by atoms with E-state index in [0.717, 1.165) is 38.5 Å². The molecule has 0 radical (unpaired) electrons. The van der Waals surface area contributed by atoms with Gasteiger partial charge in [0.2, 0.25) is 0 Å². The van der Waals surface area contributed by atoms with E-state index in [1.807, 2.05) is 14.0 Å². The summed E-state index contributed by atoms with van der Waals surface area (Å²) in [6.45, 7) is 4.58. The molecule has 3 heterocycles. The molecule has 6 rings (SSSR count). The second-order valence-corrected chi connectivity index (χ2v) is 17.2. The molecule has 6 N–H and O–H groups in total. The lowest BCUT2D eigenvalue weighted by Gasteiger charge is -2.48. The fourth-order valence-corrected chi connectivity index (χ4v) is 9.24. The summed E-state index contributed by atoms with van der Waals surface area (Å²) in [6.07, 6.45) is -9.00. The average molecular weight is 835 g/mol. The molecule has 6 unspecified atom stereocenters. The van der Waals surface area contributed by atoms with E-state index < -0.39 is 98.2 Å². The molecule has 3 saturated heterocycles. The van der Waals surface area contributed by atoms with Crippen LogP contribution in [-0.4, -0.2) is 161 Å². The molecule has 16 nitrogen and oxygen atoms in total. The van der Waals surface area contributed by atoms with E-state index in [2.05, 4.69) is 5.32 Å². The van der Waals surface area contributed by atoms with Gasteiger partial charge in [0.05, 0.1) is 30.5 Å². The molecular formula is C43H66N2O14. The molecule has 1 aromatic carbocycles. The van der Waals surface area contributed by atoms with Crippen molar-refractivity contribution in [3.8, 4) is 0 Å². The first-order valence-electron chi connectivity index (χ1n) is 21.7. The monoisotopic (exact) mass is 834 g/mol. The summed E-state index contributed by atoms with van der Waals surface area (Å²) in [7, 11) is 1.81. The minimum Gasteiger partial charge on any atom is -0.450 e. The highest BCUT2D eigenvalue weighted by Gasteiger charge is 2.54. The number of hydrogen-bond donors (Lipinski definition) is 6. The number of Topliss-reactive ketones (excluding diaryl/α,β-unsaturated/α-hetero) is 1. The molecule has 0 aromatic heterocycles. The summed E-state index contributed by atoms with van der Waals surface area (Å²) in [6, 6.07) is 8.25. The van der Waals surface area contributed by atoms with Crippen molar-refractivity contribution in [2.45, 2.75) is 164 Å². The highest BCUT2D eigenvalue weighted by molar-refractivity contribution is 5.89.